The van der Waals surface area contributed by atoms with Crippen molar-refractivity contribution in [1.82, 2.24) is 10.2 Å². The van der Waals surface area contributed by atoms with E-state index in [0.717, 1.165) is 0 Å². The summed E-state index contributed by atoms with van der Waals surface area (Å²) in [5, 5.41) is 2.63. The molecule has 1 aliphatic heterocycles. The van der Waals surface area contributed by atoms with E-state index in [2.05, 4.69) is 5.32 Å². The van der Waals surface area contributed by atoms with Gasteiger partial charge in [0, 0.05) is 12.6 Å². The Bertz CT molecular complexity index is 318. The normalized spacial score (nSPS) is 22.2. The summed E-state index contributed by atoms with van der Waals surface area (Å²) in [5.74, 6) is -0.211. The highest BCUT2D eigenvalue weighted by atomic mass is 16.2. The van der Waals surface area contributed by atoms with Crippen LogP contribution < -0.4 is 11.1 Å². The molecule has 5 heteroatoms. The highest BCUT2D eigenvalue weighted by Gasteiger charge is 2.45. The van der Waals surface area contributed by atoms with Crippen LogP contribution in [0.5, 0.6) is 0 Å². The first-order chi connectivity index (χ1) is 7.05. The number of nitrogens with one attached hydrogen (secondary N) is 1. The Hall–Kier alpha value is -1.10. The molecule has 0 aliphatic carbocycles. The van der Waals surface area contributed by atoms with Crippen molar-refractivity contribution in [3.05, 3.63) is 0 Å². The summed E-state index contributed by atoms with van der Waals surface area (Å²) in [5.41, 5.74) is 5.03. The van der Waals surface area contributed by atoms with E-state index < -0.39 is 5.54 Å². The lowest BCUT2D eigenvalue weighted by atomic mass is 9.87. The van der Waals surface area contributed by atoms with E-state index in [1.807, 2.05) is 20.8 Å². The smallest absolute Gasteiger partial charge is 0.325 e. The predicted molar refractivity (Wildman–Crippen MR) is 61.8 cm³/mol. The van der Waals surface area contributed by atoms with Crippen molar-refractivity contribution in [1.29, 1.82) is 0 Å². The summed E-state index contributed by atoms with van der Waals surface area (Å²) in [6.07, 6.45) is 0. The van der Waals surface area contributed by atoms with Gasteiger partial charge in [-0.05, 0) is 19.3 Å². The van der Waals surface area contributed by atoms with Crippen molar-refractivity contribution in [2.45, 2.75) is 46.2 Å². The predicted octanol–water partition coefficient (Wildman–Crippen LogP) is 0.690. The minimum absolute atomic E-state index is 0.132. The maximum Gasteiger partial charge on any atom is 0.325 e. The molecule has 0 aromatic heterocycles. The lowest BCUT2D eigenvalue weighted by Gasteiger charge is -2.29. The van der Waals surface area contributed by atoms with Crippen LogP contribution in [0.1, 0.15) is 34.6 Å². The molecule has 3 N–H and O–H groups in total. The lowest BCUT2D eigenvalue weighted by molar-refractivity contribution is -0.130. The highest BCUT2D eigenvalue weighted by molar-refractivity contribution is 6.06. The van der Waals surface area contributed by atoms with Gasteiger partial charge in [0.2, 0.25) is 0 Å². The molecule has 1 rings (SSSR count). The molecule has 92 valence electrons. The van der Waals surface area contributed by atoms with Gasteiger partial charge >= 0.3 is 6.03 Å². The fourth-order valence-electron chi connectivity index (χ4n) is 1.45. The molecule has 1 unspecified atom stereocenters. The van der Waals surface area contributed by atoms with Crippen molar-refractivity contribution >= 4 is 11.9 Å². The van der Waals surface area contributed by atoms with Crippen LogP contribution in [0.2, 0.25) is 0 Å². The average Bonchev–Trinajstić information content (AvgIpc) is 2.26. The zero-order chi connectivity index (χ0) is 12.7. The van der Waals surface area contributed by atoms with Gasteiger partial charge in [-0.15, -0.1) is 0 Å². The monoisotopic (exact) mass is 227 g/mol. The van der Waals surface area contributed by atoms with Crippen molar-refractivity contribution in [2.24, 2.45) is 11.1 Å². The zero-order valence-corrected chi connectivity index (χ0v) is 10.6. The first-order valence-corrected chi connectivity index (χ1v) is 5.45. The molecule has 1 heterocycles. The van der Waals surface area contributed by atoms with E-state index in [-0.39, 0.29) is 29.9 Å². The molecule has 0 aromatic rings. The Kier molecular flexibility index (Phi) is 3.02. The summed E-state index contributed by atoms with van der Waals surface area (Å²) in [7, 11) is 0. The van der Waals surface area contributed by atoms with Crippen molar-refractivity contribution in [2.75, 3.05) is 6.54 Å². The third-order valence-corrected chi connectivity index (χ3v) is 2.94. The van der Waals surface area contributed by atoms with E-state index in [0.29, 0.717) is 0 Å². The maximum absolute atomic E-state index is 11.9. The quantitative estimate of drug-likeness (QED) is 0.681. The number of hydrogen-bond donors (Lipinski definition) is 2. The molecule has 0 saturated carbocycles. The van der Waals surface area contributed by atoms with E-state index in [9.17, 15) is 9.59 Å². The molecule has 1 saturated heterocycles. The minimum atomic E-state index is -0.811. The van der Waals surface area contributed by atoms with Crippen LogP contribution >= 0.6 is 0 Å². The number of hydrogen-bond acceptors (Lipinski definition) is 3. The lowest BCUT2D eigenvalue weighted by Crippen LogP contribution is -2.48. The van der Waals surface area contributed by atoms with Crippen molar-refractivity contribution in [3.8, 4) is 0 Å². The van der Waals surface area contributed by atoms with Crippen LogP contribution in [0.4, 0.5) is 4.79 Å². The maximum atomic E-state index is 11.9. The number of imide groups is 1. The van der Waals surface area contributed by atoms with Gasteiger partial charge in [-0.3, -0.25) is 9.69 Å². The van der Waals surface area contributed by atoms with E-state index >= 15 is 0 Å². The molecule has 0 aromatic carbocycles. The standard InChI is InChI=1S/C11H21N3O2/c1-10(2,3)7(12)6-14-8(15)11(4,5)13-9(14)16/h7H,6,12H2,1-5H3,(H,13,16). The third kappa shape index (κ3) is 2.35. The molecule has 3 amide bonds. The van der Waals surface area contributed by atoms with Crippen LogP contribution in [0.15, 0.2) is 0 Å². The van der Waals surface area contributed by atoms with E-state index in [1.165, 1.54) is 4.90 Å². The average molecular weight is 227 g/mol. The van der Waals surface area contributed by atoms with Crippen molar-refractivity contribution < 1.29 is 9.59 Å². The largest absolute Gasteiger partial charge is 0.326 e. The summed E-state index contributed by atoms with van der Waals surface area (Å²) in [4.78, 5) is 24.7. The number of nitrogens with zero attached hydrogens (tertiary/aromatic N) is 1. The minimum Gasteiger partial charge on any atom is -0.326 e. The summed E-state index contributed by atoms with van der Waals surface area (Å²) in [6.45, 7) is 9.60. The molecular weight excluding hydrogens is 206 g/mol. The second kappa shape index (κ2) is 3.73. The Morgan fingerprint density at radius 1 is 1.38 bits per heavy atom. The van der Waals surface area contributed by atoms with Crippen LogP contribution in [-0.2, 0) is 4.79 Å². The van der Waals surface area contributed by atoms with Gasteiger partial charge in [-0.25, -0.2) is 4.79 Å². The van der Waals surface area contributed by atoms with Gasteiger partial charge < -0.3 is 11.1 Å². The van der Waals surface area contributed by atoms with Crippen LogP contribution in [0.3, 0.4) is 0 Å². The summed E-state index contributed by atoms with van der Waals surface area (Å²) >= 11 is 0. The molecule has 5 nitrogen and oxygen atoms in total. The van der Waals surface area contributed by atoms with Crippen molar-refractivity contribution in [3.63, 3.8) is 0 Å². The van der Waals surface area contributed by atoms with Gasteiger partial charge in [-0.2, -0.15) is 0 Å². The Balaban J connectivity index is 2.77. The molecule has 16 heavy (non-hydrogen) atoms. The first kappa shape index (κ1) is 13.0. The Morgan fingerprint density at radius 3 is 2.19 bits per heavy atom. The molecule has 1 aliphatic rings. The fraction of sp³-hybridized carbons (Fsp3) is 0.818. The molecular formula is C11H21N3O2. The third-order valence-electron chi connectivity index (χ3n) is 2.94. The highest BCUT2D eigenvalue weighted by Crippen LogP contribution is 2.22. The number of urea groups is 1. The Labute approximate surface area is 96.4 Å². The van der Waals surface area contributed by atoms with Crippen LogP contribution in [0.25, 0.3) is 0 Å². The van der Waals surface area contributed by atoms with Crippen LogP contribution in [-0.4, -0.2) is 35.0 Å². The van der Waals surface area contributed by atoms with E-state index in [4.69, 9.17) is 5.73 Å². The van der Waals surface area contributed by atoms with Gasteiger partial charge in [0.25, 0.3) is 5.91 Å². The summed E-state index contributed by atoms with van der Waals surface area (Å²) in [6, 6.07) is -0.578. The van der Waals surface area contributed by atoms with Gasteiger partial charge in [0.05, 0.1) is 0 Å². The van der Waals surface area contributed by atoms with Gasteiger partial charge in [-0.1, -0.05) is 20.8 Å². The SMILES string of the molecule is CC1(C)NC(=O)N(CC(N)C(C)(C)C)C1=O. The second-order valence-electron chi connectivity index (χ2n) is 5.94. The molecule has 0 bridgehead atoms. The number of rotatable bonds is 2. The number of carbonyl (C=O) groups excluding carboxylic acids is 2. The summed E-state index contributed by atoms with van der Waals surface area (Å²) < 4.78 is 0. The van der Waals surface area contributed by atoms with Gasteiger partial charge in [0.15, 0.2) is 0 Å². The van der Waals surface area contributed by atoms with Crippen LogP contribution in [0, 0.1) is 5.41 Å². The molecule has 0 spiro atoms. The number of nitrogens with two attached hydrogens (primary N) is 1. The second-order valence-corrected chi connectivity index (χ2v) is 5.94. The molecule has 1 fully saturated rings. The first-order valence-electron chi connectivity index (χ1n) is 5.45. The Morgan fingerprint density at radius 2 is 1.88 bits per heavy atom. The van der Waals surface area contributed by atoms with Gasteiger partial charge in [0.1, 0.15) is 5.54 Å². The number of amides is 3. The van der Waals surface area contributed by atoms with E-state index in [1.54, 1.807) is 13.8 Å². The topological polar surface area (TPSA) is 75.4 Å². The molecule has 1 atom stereocenters. The fourth-order valence-corrected chi connectivity index (χ4v) is 1.45. The number of carbonyl (C=O) groups is 2. The molecule has 0 radical (unpaired) electrons. The zero-order valence-electron chi connectivity index (χ0n) is 10.6.